The lowest BCUT2D eigenvalue weighted by molar-refractivity contribution is -0.0271. The van der Waals surface area contributed by atoms with Gasteiger partial charge in [0.05, 0.1) is 19.8 Å². The zero-order valence-corrected chi connectivity index (χ0v) is 12.7. The fourth-order valence-electron chi connectivity index (χ4n) is 2.11. The van der Waals surface area contributed by atoms with E-state index in [2.05, 4.69) is 4.72 Å². The van der Waals surface area contributed by atoms with E-state index in [1.54, 1.807) is 0 Å². The Balaban J connectivity index is 2.26. The second kappa shape index (κ2) is 5.78. The van der Waals surface area contributed by atoms with E-state index in [0.717, 1.165) is 18.6 Å². The first kappa shape index (κ1) is 16.0. The van der Waals surface area contributed by atoms with Crippen molar-refractivity contribution in [1.29, 1.82) is 0 Å². The van der Waals surface area contributed by atoms with Crippen molar-refractivity contribution in [2.45, 2.75) is 29.8 Å². The molecule has 1 aromatic carbocycles. The molecule has 0 bridgehead atoms. The maximum absolute atomic E-state index is 13.9. The number of aliphatic hydroxyl groups is 1. The van der Waals surface area contributed by atoms with Gasteiger partial charge in [-0.3, -0.25) is 0 Å². The summed E-state index contributed by atoms with van der Waals surface area (Å²) in [4.78, 5) is -0.539. The Hall–Kier alpha value is -1.38. The summed E-state index contributed by atoms with van der Waals surface area (Å²) in [6.07, 6.45) is 1.91. The van der Waals surface area contributed by atoms with E-state index >= 15 is 0 Å². The monoisotopic (exact) mass is 319 g/mol. The van der Waals surface area contributed by atoms with Crippen LogP contribution in [0.5, 0.6) is 11.5 Å². The maximum Gasteiger partial charge on any atom is 0.243 e. The third-order valence-electron chi connectivity index (χ3n) is 3.60. The molecule has 0 aromatic heterocycles. The molecule has 1 aliphatic rings. The highest BCUT2D eigenvalue weighted by Crippen LogP contribution is 2.33. The van der Waals surface area contributed by atoms with Crippen LogP contribution < -0.4 is 14.2 Å². The Morgan fingerprint density at radius 1 is 1.29 bits per heavy atom. The molecule has 8 heteroatoms. The maximum atomic E-state index is 13.9. The highest BCUT2D eigenvalue weighted by Gasteiger charge is 2.36. The van der Waals surface area contributed by atoms with Crippen LogP contribution in [-0.4, -0.2) is 39.9 Å². The van der Waals surface area contributed by atoms with E-state index in [-0.39, 0.29) is 18.0 Å². The molecular formula is C13H18FNO5S. The van der Waals surface area contributed by atoms with Crippen molar-refractivity contribution in [3.63, 3.8) is 0 Å². The number of benzene rings is 1. The number of halogens is 1. The average molecular weight is 319 g/mol. The molecule has 118 valence electrons. The van der Waals surface area contributed by atoms with Gasteiger partial charge in [0.15, 0.2) is 11.5 Å². The first-order chi connectivity index (χ1) is 9.81. The molecular weight excluding hydrogens is 301 g/mol. The molecule has 0 saturated heterocycles. The van der Waals surface area contributed by atoms with Gasteiger partial charge in [-0.05, 0) is 19.3 Å². The molecule has 1 saturated carbocycles. The highest BCUT2D eigenvalue weighted by atomic mass is 32.2. The summed E-state index contributed by atoms with van der Waals surface area (Å²) in [6.45, 7) is -0.136. The zero-order chi connectivity index (χ0) is 15.7. The minimum absolute atomic E-state index is 0.103. The molecule has 21 heavy (non-hydrogen) atoms. The zero-order valence-electron chi connectivity index (χ0n) is 11.8. The van der Waals surface area contributed by atoms with E-state index in [1.165, 1.54) is 14.2 Å². The van der Waals surface area contributed by atoms with Gasteiger partial charge in [-0.25, -0.2) is 17.5 Å². The smallest absolute Gasteiger partial charge is 0.243 e. The number of methoxy groups -OCH3 is 2. The largest absolute Gasteiger partial charge is 0.493 e. The van der Waals surface area contributed by atoms with Crippen LogP contribution in [0.15, 0.2) is 17.0 Å². The molecule has 0 heterocycles. The summed E-state index contributed by atoms with van der Waals surface area (Å²) in [6, 6.07) is 2.01. The minimum atomic E-state index is -4.08. The van der Waals surface area contributed by atoms with Crippen molar-refractivity contribution < 1.29 is 27.4 Å². The lowest BCUT2D eigenvalue weighted by Gasteiger charge is -2.36. The van der Waals surface area contributed by atoms with Gasteiger partial charge in [0.25, 0.3) is 0 Å². The van der Waals surface area contributed by atoms with Gasteiger partial charge in [0.1, 0.15) is 10.7 Å². The molecule has 0 amide bonds. The topological polar surface area (TPSA) is 84.9 Å². The molecule has 6 nitrogen and oxygen atoms in total. The Morgan fingerprint density at radius 3 is 2.33 bits per heavy atom. The SMILES string of the molecule is COc1cc(F)c(S(=O)(=O)NCC2(O)CCC2)cc1OC. The average Bonchev–Trinajstić information content (AvgIpc) is 2.42. The Bertz CT molecular complexity index is 628. The van der Waals surface area contributed by atoms with E-state index in [0.29, 0.717) is 12.8 Å². The van der Waals surface area contributed by atoms with E-state index < -0.39 is 26.3 Å². The van der Waals surface area contributed by atoms with Crippen LogP contribution in [-0.2, 0) is 10.0 Å². The lowest BCUT2D eigenvalue weighted by Crippen LogP contribution is -2.47. The Kier molecular flexibility index (Phi) is 4.40. The van der Waals surface area contributed by atoms with E-state index in [4.69, 9.17) is 9.47 Å². The van der Waals surface area contributed by atoms with Gasteiger partial charge < -0.3 is 14.6 Å². The summed E-state index contributed by atoms with van der Waals surface area (Å²) in [5.41, 5.74) is -1.03. The van der Waals surface area contributed by atoms with Gasteiger partial charge in [0.2, 0.25) is 10.0 Å². The fraction of sp³-hybridized carbons (Fsp3) is 0.538. The quantitative estimate of drug-likeness (QED) is 0.818. The molecule has 1 aliphatic carbocycles. The van der Waals surface area contributed by atoms with Crippen molar-refractivity contribution in [1.82, 2.24) is 4.72 Å². The Labute approximate surface area is 122 Å². The number of ether oxygens (including phenoxy) is 2. The van der Waals surface area contributed by atoms with Crippen LogP contribution in [0.1, 0.15) is 19.3 Å². The number of rotatable bonds is 6. The summed E-state index contributed by atoms with van der Waals surface area (Å²) in [5.74, 6) is -0.728. The third-order valence-corrected chi connectivity index (χ3v) is 5.02. The number of nitrogens with one attached hydrogen (secondary N) is 1. The van der Waals surface area contributed by atoms with Gasteiger partial charge in [-0.15, -0.1) is 0 Å². The van der Waals surface area contributed by atoms with Crippen molar-refractivity contribution >= 4 is 10.0 Å². The second-order valence-electron chi connectivity index (χ2n) is 5.04. The molecule has 0 spiro atoms. The molecule has 0 radical (unpaired) electrons. The van der Waals surface area contributed by atoms with E-state index in [9.17, 15) is 17.9 Å². The summed E-state index contributed by atoms with van der Waals surface area (Å²) < 4.78 is 50.4. The van der Waals surface area contributed by atoms with Crippen LogP contribution in [0.3, 0.4) is 0 Å². The molecule has 1 fully saturated rings. The molecule has 0 atom stereocenters. The minimum Gasteiger partial charge on any atom is -0.493 e. The van der Waals surface area contributed by atoms with Gasteiger partial charge in [0, 0.05) is 18.7 Å². The molecule has 1 aromatic rings. The van der Waals surface area contributed by atoms with Crippen LogP contribution in [0.4, 0.5) is 4.39 Å². The lowest BCUT2D eigenvalue weighted by atomic mass is 9.81. The molecule has 0 unspecified atom stereocenters. The van der Waals surface area contributed by atoms with Crippen LogP contribution >= 0.6 is 0 Å². The Morgan fingerprint density at radius 2 is 1.86 bits per heavy atom. The number of hydrogen-bond donors (Lipinski definition) is 2. The molecule has 0 aliphatic heterocycles. The van der Waals surface area contributed by atoms with Gasteiger partial charge >= 0.3 is 0 Å². The highest BCUT2D eigenvalue weighted by molar-refractivity contribution is 7.89. The van der Waals surface area contributed by atoms with Crippen molar-refractivity contribution in [3.05, 3.63) is 17.9 Å². The number of sulfonamides is 1. The van der Waals surface area contributed by atoms with Crippen molar-refractivity contribution in [3.8, 4) is 11.5 Å². The van der Waals surface area contributed by atoms with Crippen molar-refractivity contribution in [2.24, 2.45) is 0 Å². The number of hydrogen-bond acceptors (Lipinski definition) is 5. The second-order valence-corrected chi connectivity index (χ2v) is 6.78. The van der Waals surface area contributed by atoms with E-state index in [1.807, 2.05) is 0 Å². The summed E-state index contributed by atoms with van der Waals surface area (Å²) in [5, 5.41) is 9.91. The first-order valence-electron chi connectivity index (χ1n) is 6.45. The van der Waals surface area contributed by atoms with Gasteiger partial charge in [-0.2, -0.15) is 0 Å². The molecule has 2 N–H and O–H groups in total. The predicted molar refractivity (Wildman–Crippen MR) is 73.5 cm³/mol. The van der Waals surface area contributed by atoms with Crippen LogP contribution in [0.2, 0.25) is 0 Å². The first-order valence-corrected chi connectivity index (χ1v) is 7.93. The van der Waals surface area contributed by atoms with Crippen molar-refractivity contribution in [2.75, 3.05) is 20.8 Å². The normalized spacial score (nSPS) is 17.1. The fourth-order valence-corrected chi connectivity index (χ4v) is 3.30. The van der Waals surface area contributed by atoms with Crippen LogP contribution in [0, 0.1) is 5.82 Å². The standard InChI is InChI=1S/C13H18FNO5S/c1-19-10-6-9(14)12(7-11(10)20-2)21(17,18)15-8-13(16)4-3-5-13/h6-7,15-16H,3-5,8H2,1-2H3. The predicted octanol–water partition coefficient (Wildman–Crippen LogP) is 1.04. The van der Waals surface area contributed by atoms with Crippen LogP contribution in [0.25, 0.3) is 0 Å². The third kappa shape index (κ3) is 3.28. The van der Waals surface area contributed by atoms with Gasteiger partial charge in [-0.1, -0.05) is 0 Å². The summed E-state index contributed by atoms with van der Waals surface area (Å²) in [7, 11) is -1.42. The molecule has 2 rings (SSSR count). The summed E-state index contributed by atoms with van der Waals surface area (Å²) >= 11 is 0.